The van der Waals surface area contributed by atoms with Gasteiger partial charge in [-0.15, -0.1) is 0 Å². The number of carbonyl (C=O) groups is 3. The molecule has 0 saturated carbocycles. The molecule has 8 heteroatoms. The van der Waals surface area contributed by atoms with Gasteiger partial charge in [0.25, 0.3) is 0 Å². The highest BCUT2D eigenvalue weighted by molar-refractivity contribution is 6.31. The predicted octanol–water partition coefficient (Wildman–Crippen LogP) is 1.90. The fourth-order valence-corrected chi connectivity index (χ4v) is 4.47. The van der Waals surface area contributed by atoms with Gasteiger partial charge in [-0.1, -0.05) is 6.07 Å². The van der Waals surface area contributed by atoms with Crippen LogP contribution in [0.3, 0.4) is 0 Å². The minimum absolute atomic E-state index is 0.103. The molecule has 0 atom stereocenters. The van der Waals surface area contributed by atoms with Crippen LogP contribution in [0.2, 0.25) is 0 Å². The van der Waals surface area contributed by atoms with Crippen LogP contribution in [0.5, 0.6) is 0 Å². The lowest BCUT2D eigenvalue weighted by Crippen LogP contribution is -2.44. The third-order valence-electron chi connectivity index (χ3n) is 6.21. The second kappa shape index (κ2) is 8.29. The van der Waals surface area contributed by atoms with Crippen molar-refractivity contribution in [3.8, 4) is 0 Å². The molecule has 8 nitrogen and oxygen atoms in total. The van der Waals surface area contributed by atoms with E-state index in [1.54, 1.807) is 40.9 Å². The third-order valence-corrected chi connectivity index (χ3v) is 6.21. The molecule has 1 saturated heterocycles. The summed E-state index contributed by atoms with van der Waals surface area (Å²) >= 11 is 0. The summed E-state index contributed by atoms with van der Waals surface area (Å²) in [6.45, 7) is 5.19. The van der Waals surface area contributed by atoms with Crippen LogP contribution in [-0.2, 0) is 4.74 Å². The summed E-state index contributed by atoms with van der Waals surface area (Å²) in [5.41, 5.74) is 1.22. The molecule has 164 valence electrons. The van der Waals surface area contributed by atoms with Gasteiger partial charge < -0.3 is 18.9 Å². The zero-order valence-electron chi connectivity index (χ0n) is 17.9. The van der Waals surface area contributed by atoms with E-state index < -0.39 is 5.97 Å². The number of likely N-dealkylation sites (N-methyl/N-ethyl adjacent to an activating group) is 1. The molecule has 0 aromatic carbocycles. The van der Waals surface area contributed by atoms with Crippen LogP contribution in [0.1, 0.15) is 48.9 Å². The number of fused-ring (bicyclic) bond motifs is 4. The zero-order valence-corrected chi connectivity index (χ0v) is 17.9. The van der Waals surface area contributed by atoms with E-state index in [0.717, 1.165) is 32.7 Å². The fourth-order valence-electron chi connectivity index (χ4n) is 4.47. The van der Waals surface area contributed by atoms with E-state index in [2.05, 4.69) is 21.8 Å². The number of esters is 1. The highest BCUT2D eigenvalue weighted by Gasteiger charge is 2.39. The van der Waals surface area contributed by atoms with E-state index in [-0.39, 0.29) is 46.3 Å². The molecule has 0 bridgehead atoms. The van der Waals surface area contributed by atoms with Crippen molar-refractivity contribution in [2.75, 3.05) is 46.4 Å². The van der Waals surface area contributed by atoms with Gasteiger partial charge in [-0.25, -0.2) is 4.79 Å². The number of carbonyl (C=O) groups excluding carboxylic acids is 3. The van der Waals surface area contributed by atoms with E-state index in [1.165, 1.54) is 6.20 Å². The Kier molecular flexibility index (Phi) is 5.32. The minimum atomic E-state index is -0.582. The smallest absolute Gasteiger partial charge is 0.341 e. The molecular weight excluding hydrogens is 408 g/mol. The van der Waals surface area contributed by atoms with Crippen molar-refractivity contribution in [1.29, 1.82) is 0 Å². The normalized spacial score (nSPS) is 16.8. The Morgan fingerprint density at radius 2 is 1.88 bits per heavy atom. The molecular formula is C24H24N4O4. The summed E-state index contributed by atoms with van der Waals surface area (Å²) in [4.78, 5) is 48.3. The Hall–Kier alpha value is -3.36. The average molecular weight is 432 g/mol. The van der Waals surface area contributed by atoms with Crippen LogP contribution < -0.4 is 0 Å². The predicted molar refractivity (Wildman–Crippen MR) is 117 cm³/mol. The number of hydrogen-bond acceptors (Lipinski definition) is 7. The zero-order chi connectivity index (χ0) is 22.2. The molecule has 0 radical (unpaired) electrons. The van der Waals surface area contributed by atoms with Crippen molar-refractivity contribution < 1.29 is 19.1 Å². The summed E-state index contributed by atoms with van der Waals surface area (Å²) in [7, 11) is 2.11. The maximum absolute atomic E-state index is 13.3. The van der Waals surface area contributed by atoms with E-state index in [1.807, 2.05) is 0 Å². The molecule has 1 aliphatic heterocycles. The molecule has 4 heterocycles. The highest BCUT2D eigenvalue weighted by Crippen LogP contribution is 2.33. The maximum Gasteiger partial charge on any atom is 0.341 e. The molecule has 32 heavy (non-hydrogen) atoms. The first kappa shape index (κ1) is 20.5. The first-order chi connectivity index (χ1) is 15.6. The Morgan fingerprint density at radius 1 is 1.06 bits per heavy atom. The van der Waals surface area contributed by atoms with Crippen LogP contribution in [0.15, 0.2) is 42.7 Å². The van der Waals surface area contributed by atoms with Crippen LogP contribution in [-0.4, -0.2) is 83.1 Å². The highest BCUT2D eigenvalue weighted by atomic mass is 16.5. The first-order valence-corrected chi connectivity index (χ1v) is 10.8. The standard InChI is InChI=1S/C24H24N4O4/c1-26-11-13-27(14-12-26)9-5-15-32-24(31)18-17-7-2-3-10-28(17)21-19(18)22(29)16-6-4-8-25-20(16)23(21)30/h2-4,6-8,10H,5,9,11-15H2,1H3. The van der Waals surface area contributed by atoms with E-state index in [0.29, 0.717) is 11.9 Å². The van der Waals surface area contributed by atoms with Crippen molar-refractivity contribution >= 4 is 23.1 Å². The van der Waals surface area contributed by atoms with E-state index >= 15 is 0 Å². The number of aromatic nitrogens is 2. The lowest BCUT2D eigenvalue weighted by atomic mass is 9.89. The molecule has 0 N–H and O–H groups in total. The summed E-state index contributed by atoms with van der Waals surface area (Å²) in [6.07, 6.45) is 3.88. The van der Waals surface area contributed by atoms with E-state index in [4.69, 9.17) is 4.74 Å². The van der Waals surface area contributed by atoms with Gasteiger partial charge in [0.2, 0.25) is 5.78 Å². The van der Waals surface area contributed by atoms with Gasteiger partial charge in [-0.2, -0.15) is 0 Å². The second-order valence-corrected chi connectivity index (χ2v) is 8.25. The number of ketones is 2. The summed E-state index contributed by atoms with van der Waals surface area (Å²) < 4.78 is 7.17. The van der Waals surface area contributed by atoms with Gasteiger partial charge in [-0.3, -0.25) is 14.6 Å². The van der Waals surface area contributed by atoms with Crippen LogP contribution >= 0.6 is 0 Å². The molecule has 3 aromatic rings. The van der Waals surface area contributed by atoms with Gasteiger partial charge in [0.1, 0.15) is 11.4 Å². The minimum Gasteiger partial charge on any atom is -0.462 e. The first-order valence-electron chi connectivity index (χ1n) is 10.8. The average Bonchev–Trinajstić information content (AvgIpc) is 3.17. The summed E-state index contributed by atoms with van der Waals surface area (Å²) in [6, 6.07) is 8.42. The summed E-state index contributed by atoms with van der Waals surface area (Å²) in [5, 5.41) is 0. The Balaban J connectivity index is 1.40. The molecule has 0 unspecified atom stereocenters. The lowest BCUT2D eigenvalue weighted by molar-refractivity contribution is 0.0479. The topological polar surface area (TPSA) is 84.2 Å². The quantitative estimate of drug-likeness (QED) is 0.352. The molecule has 1 aliphatic carbocycles. The van der Waals surface area contributed by atoms with Crippen molar-refractivity contribution in [2.45, 2.75) is 6.42 Å². The molecule has 3 aromatic heterocycles. The molecule has 0 spiro atoms. The van der Waals surface area contributed by atoms with Crippen molar-refractivity contribution in [2.24, 2.45) is 0 Å². The van der Waals surface area contributed by atoms with Gasteiger partial charge >= 0.3 is 5.97 Å². The van der Waals surface area contributed by atoms with E-state index in [9.17, 15) is 14.4 Å². The lowest BCUT2D eigenvalue weighted by Gasteiger charge is -2.32. The van der Waals surface area contributed by atoms with Crippen LogP contribution in [0.25, 0.3) is 5.52 Å². The molecule has 2 aliphatic rings. The van der Waals surface area contributed by atoms with Gasteiger partial charge in [0.15, 0.2) is 5.78 Å². The number of pyridine rings is 2. The van der Waals surface area contributed by atoms with Crippen molar-refractivity contribution in [3.05, 3.63) is 70.8 Å². The maximum atomic E-state index is 13.3. The SMILES string of the molecule is CN1CCN(CCCOC(=O)c2c3c(n4ccccc24)C(=O)c2ncccc2C3=O)CC1. The Labute approximate surface area is 185 Å². The molecule has 5 rings (SSSR count). The monoisotopic (exact) mass is 432 g/mol. The summed E-state index contributed by atoms with van der Waals surface area (Å²) in [5.74, 6) is -1.33. The van der Waals surface area contributed by atoms with Gasteiger partial charge in [0, 0.05) is 45.1 Å². The number of nitrogens with zero attached hydrogens (tertiary/aromatic N) is 4. The number of ether oxygens (including phenoxy) is 1. The van der Waals surface area contributed by atoms with Crippen LogP contribution in [0, 0.1) is 0 Å². The van der Waals surface area contributed by atoms with Crippen molar-refractivity contribution in [3.63, 3.8) is 0 Å². The van der Waals surface area contributed by atoms with Gasteiger partial charge in [0.05, 0.1) is 28.8 Å². The van der Waals surface area contributed by atoms with Crippen LogP contribution in [0.4, 0.5) is 0 Å². The molecule has 0 amide bonds. The number of piperazine rings is 1. The molecule has 1 fully saturated rings. The number of rotatable bonds is 5. The second-order valence-electron chi connectivity index (χ2n) is 8.25. The third kappa shape index (κ3) is 3.41. The Bertz CT molecular complexity index is 1220. The van der Waals surface area contributed by atoms with Gasteiger partial charge in [-0.05, 0) is 37.7 Å². The van der Waals surface area contributed by atoms with Crippen molar-refractivity contribution in [1.82, 2.24) is 19.2 Å². The Morgan fingerprint density at radius 3 is 2.69 bits per heavy atom. The fraction of sp³-hybridized carbons (Fsp3) is 0.333. The largest absolute Gasteiger partial charge is 0.462 e. The number of hydrogen-bond donors (Lipinski definition) is 0.